The lowest BCUT2D eigenvalue weighted by Gasteiger charge is -2.32. The van der Waals surface area contributed by atoms with Crippen LogP contribution in [-0.4, -0.2) is 36.5 Å². The first-order valence-corrected chi connectivity index (χ1v) is 10.3. The number of piperidine rings is 1. The Morgan fingerprint density at radius 2 is 1.89 bits per heavy atom. The number of nitrogens with zero attached hydrogens (tertiary/aromatic N) is 1. The summed E-state index contributed by atoms with van der Waals surface area (Å²) in [5.74, 6) is 1.15. The number of hydrogen-bond acceptors (Lipinski definition) is 3. The molecule has 0 aromatic heterocycles. The van der Waals surface area contributed by atoms with Gasteiger partial charge in [-0.3, -0.25) is 9.69 Å². The minimum Gasteiger partial charge on any atom is -0.491 e. The molecule has 1 atom stereocenters. The fraction of sp³-hybridized carbons (Fsp3) is 0.458. The van der Waals surface area contributed by atoms with E-state index in [4.69, 9.17) is 4.74 Å². The number of hydrogen-bond donors (Lipinski definition) is 1. The zero-order valence-corrected chi connectivity index (χ0v) is 17.3. The predicted molar refractivity (Wildman–Crippen MR) is 113 cm³/mol. The number of carbonyl (C=O) groups is 1. The molecule has 28 heavy (non-hydrogen) atoms. The molecule has 0 spiro atoms. The number of nitrogens with one attached hydrogen (secondary N) is 1. The third-order valence-electron chi connectivity index (χ3n) is 5.42. The summed E-state index contributed by atoms with van der Waals surface area (Å²) in [6.45, 7) is 9.57. The summed E-state index contributed by atoms with van der Waals surface area (Å²) in [5.41, 5.74) is 3.76. The fourth-order valence-electron chi connectivity index (χ4n) is 3.76. The highest BCUT2D eigenvalue weighted by Crippen LogP contribution is 2.20. The van der Waals surface area contributed by atoms with Gasteiger partial charge in [-0.05, 0) is 63.9 Å². The van der Waals surface area contributed by atoms with E-state index < -0.39 is 0 Å². The van der Waals surface area contributed by atoms with Crippen molar-refractivity contribution >= 4 is 5.91 Å². The molecule has 0 saturated carbocycles. The van der Waals surface area contributed by atoms with Gasteiger partial charge in [-0.15, -0.1) is 0 Å². The summed E-state index contributed by atoms with van der Waals surface area (Å²) in [4.78, 5) is 15.1. The second-order valence-corrected chi connectivity index (χ2v) is 8.03. The lowest BCUT2D eigenvalue weighted by atomic mass is 9.95. The number of rotatable bonds is 7. The Hall–Kier alpha value is -2.33. The van der Waals surface area contributed by atoms with Crippen LogP contribution in [-0.2, 0) is 11.3 Å². The molecule has 0 radical (unpaired) electrons. The van der Waals surface area contributed by atoms with Gasteiger partial charge in [0.05, 0.1) is 6.04 Å². The lowest BCUT2D eigenvalue weighted by Crippen LogP contribution is -2.44. The fourth-order valence-corrected chi connectivity index (χ4v) is 3.76. The van der Waals surface area contributed by atoms with Crippen LogP contribution in [0.15, 0.2) is 48.5 Å². The quantitative estimate of drug-likeness (QED) is 0.786. The van der Waals surface area contributed by atoms with E-state index in [0.29, 0.717) is 6.61 Å². The largest absolute Gasteiger partial charge is 0.491 e. The molecule has 150 valence electrons. The molecule has 3 rings (SSSR count). The van der Waals surface area contributed by atoms with Gasteiger partial charge < -0.3 is 10.1 Å². The van der Waals surface area contributed by atoms with Crippen molar-refractivity contribution in [1.29, 1.82) is 0 Å². The number of amides is 1. The molecule has 1 saturated heterocycles. The molecule has 1 fully saturated rings. The van der Waals surface area contributed by atoms with Crippen LogP contribution in [0.5, 0.6) is 5.75 Å². The molecule has 0 aliphatic carbocycles. The summed E-state index contributed by atoms with van der Waals surface area (Å²) in [6.07, 6.45) is 1.84. The van der Waals surface area contributed by atoms with E-state index in [9.17, 15) is 4.79 Å². The predicted octanol–water partition coefficient (Wildman–Crippen LogP) is 4.10. The maximum atomic E-state index is 12.6. The average Bonchev–Trinajstić information content (AvgIpc) is 2.68. The van der Waals surface area contributed by atoms with Crippen LogP contribution < -0.4 is 10.1 Å². The number of para-hydroxylation sites is 1. The standard InChI is InChI=1S/C24H32N2O2/c1-18-7-6-9-21(15-18)16-26-13-11-22(12-14-26)24(27)25-20(3)17-28-23-10-5-4-8-19(23)2/h4-10,15,20,22H,11-14,16-17H2,1-3H3,(H,25,27). The first kappa shape index (κ1) is 20.4. The van der Waals surface area contributed by atoms with Gasteiger partial charge in [0.1, 0.15) is 12.4 Å². The summed E-state index contributed by atoms with van der Waals surface area (Å²) in [5, 5.41) is 3.13. The van der Waals surface area contributed by atoms with Crippen LogP contribution >= 0.6 is 0 Å². The molecule has 4 nitrogen and oxygen atoms in total. The van der Waals surface area contributed by atoms with Crippen LogP contribution in [0.3, 0.4) is 0 Å². The highest BCUT2D eigenvalue weighted by atomic mass is 16.5. The van der Waals surface area contributed by atoms with E-state index in [0.717, 1.165) is 43.8 Å². The Balaban J connectivity index is 1.40. The monoisotopic (exact) mass is 380 g/mol. The van der Waals surface area contributed by atoms with Gasteiger partial charge in [-0.25, -0.2) is 0 Å². The Bertz CT molecular complexity index is 782. The number of aryl methyl sites for hydroxylation is 2. The normalized spacial score (nSPS) is 16.5. The second-order valence-electron chi connectivity index (χ2n) is 8.03. The highest BCUT2D eigenvalue weighted by Gasteiger charge is 2.25. The Labute approximate surface area is 168 Å². The molecule has 2 aromatic rings. The molecule has 1 heterocycles. The van der Waals surface area contributed by atoms with Gasteiger partial charge in [0.15, 0.2) is 0 Å². The van der Waals surface area contributed by atoms with Crippen molar-refractivity contribution in [2.24, 2.45) is 5.92 Å². The van der Waals surface area contributed by atoms with Crippen molar-refractivity contribution in [3.8, 4) is 5.75 Å². The van der Waals surface area contributed by atoms with E-state index in [1.54, 1.807) is 0 Å². The van der Waals surface area contributed by atoms with Gasteiger partial charge >= 0.3 is 0 Å². The molecule has 1 N–H and O–H groups in total. The molecule has 1 unspecified atom stereocenters. The second kappa shape index (κ2) is 9.74. The Kier molecular flexibility index (Phi) is 7.10. The first-order valence-electron chi connectivity index (χ1n) is 10.3. The van der Waals surface area contributed by atoms with Crippen LogP contribution in [0.4, 0.5) is 0 Å². The number of likely N-dealkylation sites (tertiary alicyclic amines) is 1. The Morgan fingerprint density at radius 1 is 1.14 bits per heavy atom. The molecule has 4 heteroatoms. The third kappa shape index (κ3) is 5.83. The van der Waals surface area contributed by atoms with Gasteiger partial charge in [0, 0.05) is 12.5 Å². The van der Waals surface area contributed by atoms with Gasteiger partial charge in [0.25, 0.3) is 0 Å². The maximum absolute atomic E-state index is 12.6. The minimum atomic E-state index is -0.00238. The summed E-state index contributed by atoms with van der Waals surface area (Å²) >= 11 is 0. The third-order valence-corrected chi connectivity index (χ3v) is 5.42. The van der Waals surface area contributed by atoms with E-state index in [2.05, 4.69) is 41.4 Å². The minimum absolute atomic E-state index is 0.00238. The molecule has 1 amide bonds. The van der Waals surface area contributed by atoms with Crippen molar-refractivity contribution in [2.75, 3.05) is 19.7 Å². The van der Waals surface area contributed by atoms with Crippen molar-refractivity contribution in [3.05, 3.63) is 65.2 Å². The van der Waals surface area contributed by atoms with E-state index in [-0.39, 0.29) is 17.9 Å². The SMILES string of the molecule is Cc1cccc(CN2CCC(C(=O)NC(C)COc3ccccc3C)CC2)c1. The Morgan fingerprint density at radius 3 is 2.61 bits per heavy atom. The zero-order valence-electron chi connectivity index (χ0n) is 17.3. The van der Waals surface area contributed by atoms with Crippen LogP contribution in [0.2, 0.25) is 0 Å². The van der Waals surface area contributed by atoms with Gasteiger partial charge in [-0.2, -0.15) is 0 Å². The molecule has 1 aliphatic rings. The summed E-state index contributed by atoms with van der Waals surface area (Å²) in [7, 11) is 0. The van der Waals surface area contributed by atoms with Crippen molar-refractivity contribution in [1.82, 2.24) is 10.2 Å². The molecular formula is C24H32N2O2. The highest BCUT2D eigenvalue weighted by molar-refractivity contribution is 5.79. The molecule has 0 bridgehead atoms. The summed E-state index contributed by atoms with van der Waals surface area (Å²) < 4.78 is 5.86. The first-order chi connectivity index (χ1) is 13.5. The number of benzene rings is 2. The topological polar surface area (TPSA) is 41.6 Å². The van der Waals surface area contributed by atoms with E-state index in [1.807, 2.05) is 38.1 Å². The van der Waals surface area contributed by atoms with Gasteiger partial charge in [-0.1, -0.05) is 48.0 Å². The van der Waals surface area contributed by atoms with E-state index in [1.165, 1.54) is 11.1 Å². The molecule has 2 aromatic carbocycles. The van der Waals surface area contributed by atoms with Crippen LogP contribution in [0.1, 0.15) is 36.5 Å². The maximum Gasteiger partial charge on any atom is 0.223 e. The van der Waals surface area contributed by atoms with Crippen molar-refractivity contribution in [3.63, 3.8) is 0 Å². The van der Waals surface area contributed by atoms with Crippen molar-refractivity contribution < 1.29 is 9.53 Å². The lowest BCUT2D eigenvalue weighted by molar-refractivity contribution is -0.127. The van der Waals surface area contributed by atoms with Gasteiger partial charge in [0.2, 0.25) is 5.91 Å². The van der Waals surface area contributed by atoms with Crippen LogP contribution in [0.25, 0.3) is 0 Å². The molecule has 1 aliphatic heterocycles. The average molecular weight is 381 g/mol. The molecular weight excluding hydrogens is 348 g/mol. The van der Waals surface area contributed by atoms with E-state index >= 15 is 0 Å². The van der Waals surface area contributed by atoms with Crippen molar-refractivity contribution in [2.45, 2.75) is 46.2 Å². The summed E-state index contributed by atoms with van der Waals surface area (Å²) in [6, 6.07) is 16.6. The van der Waals surface area contributed by atoms with Crippen LogP contribution in [0, 0.1) is 19.8 Å². The number of carbonyl (C=O) groups excluding carboxylic acids is 1. The zero-order chi connectivity index (χ0) is 19.9. The number of ether oxygens (including phenoxy) is 1. The smallest absolute Gasteiger partial charge is 0.223 e.